The maximum atomic E-state index is 12.2. The minimum Gasteiger partial charge on any atom is -0.485 e. The molecule has 154 valence electrons. The van der Waals surface area contributed by atoms with Gasteiger partial charge in [0.25, 0.3) is 5.69 Å². The first-order valence-corrected chi connectivity index (χ1v) is 9.76. The van der Waals surface area contributed by atoms with E-state index >= 15 is 0 Å². The second-order valence-electron chi connectivity index (χ2n) is 6.22. The quantitative estimate of drug-likeness (QED) is 0.261. The van der Waals surface area contributed by atoms with Crippen molar-refractivity contribution in [3.8, 4) is 11.5 Å². The number of nitrogens with one attached hydrogen (secondary N) is 1. The fourth-order valence-corrected chi connectivity index (χ4v) is 3.44. The summed E-state index contributed by atoms with van der Waals surface area (Å²) < 4.78 is 12.8. The van der Waals surface area contributed by atoms with Gasteiger partial charge in [-0.25, -0.2) is 4.68 Å². The molecule has 1 amide bonds. The van der Waals surface area contributed by atoms with Crippen molar-refractivity contribution >= 4 is 29.0 Å². The number of anilines is 1. The molecule has 2 heterocycles. The van der Waals surface area contributed by atoms with Gasteiger partial charge in [-0.1, -0.05) is 30.0 Å². The fourth-order valence-electron chi connectivity index (χ4n) is 2.78. The van der Waals surface area contributed by atoms with Gasteiger partial charge < -0.3 is 20.6 Å². The molecule has 0 fully saturated rings. The largest absolute Gasteiger partial charge is 0.485 e. The summed E-state index contributed by atoms with van der Waals surface area (Å²) in [5.74, 6) is 7.29. The average Bonchev–Trinajstić information content (AvgIpc) is 3.12. The highest BCUT2D eigenvalue weighted by atomic mass is 32.2. The number of nitro benzene ring substituents is 1. The molecule has 0 saturated carbocycles. The second kappa shape index (κ2) is 8.29. The summed E-state index contributed by atoms with van der Waals surface area (Å²) in [6.07, 6.45) is -0.537. The molecule has 1 aliphatic rings. The lowest BCUT2D eigenvalue weighted by atomic mass is 10.2. The number of hydrogen-bond donors (Lipinski definition) is 2. The lowest BCUT2D eigenvalue weighted by Gasteiger charge is -2.25. The van der Waals surface area contributed by atoms with Gasteiger partial charge in [-0.2, -0.15) is 0 Å². The maximum absolute atomic E-state index is 12.2. The molecular weight excluding hydrogens is 412 g/mol. The van der Waals surface area contributed by atoms with Crippen LogP contribution < -0.4 is 20.6 Å². The Balaban J connectivity index is 1.37. The van der Waals surface area contributed by atoms with Crippen LogP contribution in [0.1, 0.15) is 11.9 Å². The summed E-state index contributed by atoms with van der Waals surface area (Å²) in [5, 5.41) is 21.8. The summed E-state index contributed by atoms with van der Waals surface area (Å²) in [7, 11) is 0. The highest BCUT2D eigenvalue weighted by molar-refractivity contribution is 7.99. The zero-order valence-electron chi connectivity index (χ0n) is 15.4. The number of hydrogen-bond acceptors (Lipinski definition) is 9. The van der Waals surface area contributed by atoms with Crippen molar-refractivity contribution < 1.29 is 19.2 Å². The zero-order valence-corrected chi connectivity index (χ0v) is 16.2. The van der Waals surface area contributed by atoms with Gasteiger partial charge in [0.2, 0.25) is 11.1 Å². The van der Waals surface area contributed by atoms with Gasteiger partial charge >= 0.3 is 0 Å². The minimum atomic E-state index is -0.537. The number of nitrogen functional groups attached to an aromatic ring is 1. The number of aromatic nitrogens is 3. The number of nitrogens with two attached hydrogens (primary N) is 1. The van der Waals surface area contributed by atoms with Gasteiger partial charge in [-0.05, 0) is 18.2 Å². The van der Waals surface area contributed by atoms with E-state index in [2.05, 4.69) is 15.5 Å². The van der Waals surface area contributed by atoms with Gasteiger partial charge in [-0.15, -0.1) is 10.2 Å². The summed E-state index contributed by atoms with van der Waals surface area (Å²) >= 11 is 1.08. The number of benzene rings is 2. The lowest BCUT2D eigenvalue weighted by Crippen LogP contribution is -2.27. The van der Waals surface area contributed by atoms with E-state index in [1.165, 1.54) is 22.9 Å². The number of para-hydroxylation sites is 2. The van der Waals surface area contributed by atoms with Crippen LogP contribution in [0.4, 0.5) is 11.4 Å². The molecule has 12 heteroatoms. The number of rotatable bonds is 6. The second-order valence-corrected chi connectivity index (χ2v) is 7.16. The van der Waals surface area contributed by atoms with E-state index in [4.69, 9.17) is 15.3 Å². The first kappa shape index (κ1) is 19.5. The molecule has 3 aromatic rings. The minimum absolute atomic E-state index is 0.0110. The van der Waals surface area contributed by atoms with Crippen LogP contribution in [0.3, 0.4) is 0 Å². The molecule has 1 aromatic heterocycles. The lowest BCUT2D eigenvalue weighted by molar-refractivity contribution is -0.384. The van der Waals surface area contributed by atoms with E-state index in [0.717, 1.165) is 11.8 Å². The van der Waals surface area contributed by atoms with Crippen molar-refractivity contribution in [1.82, 2.24) is 14.9 Å². The molecule has 0 unspecified atom stereocenters. The zero-order chi connectivity index (χ0) is 21.1. The van der Waals surface area contributed by atoms with Crippen molar-refractivity contribution in [2.45, 2.75) is 11.3 Å². The average molecular weight is 428 g/mol. The third-order valence-corrected chi connectivity index (χ3v) is 5.10. The number of thioether (sulfide) groups is 1. The topological polar surface area (TPSA) is 147 Å². The number of nitro groups is 1. The molecule has 2 aromatic carbocycles. The summed E-state index contributed by atoms with van der Waals surface area (Å²) in [6, 6.07) is 13.0. The molecule has 11 nitrogen and oxygen atoms in total. The Morgan fingerprint density at radius 3 is 2.87 bits per heavy atom. The van der Waals surface area contributed by atoms with Gasteiger partial charge in [0, 0.05) is 17.8 Å². The Labute approximate surface area is 174 Å². The number of carbonyl (C=O) groups is 1. The maximum Gasteiger partial charge on any atom is 0.271 e. The van der Waals surface area contributed by atoms with Crippen LogP contribution in [-0.4, -0.2) is 38.1 Å². The molecule has 30 heavy (non-hydrogen) atoms. The first-order valence-electron chi connectivity index (χ1n) is 8.77. The molecule has 1 atom stereocenters. The molecule has 0 bridgehead atoms. The molecule has 4 rings (SSSR count). The fraction of sp³-hybridized carbons (Fsp3) is 0.167. The van der Waals surface area contributed by atoms with Crippen LogP contribution in [0.2, 0.25) is 0 Å². The number of carbonyl (C=O) groups excluding carboxylic acids is 1. The number of amides is 1. The number of ether oxygens (including phenoxy) is 2. The number of fused-ring (bicyclic) bond motifs is 1. The van der Waals surface area contributed by atoms with E-state index in [0.29, 0.717) is 28.2 Å². The van der Waals surface area contributed by atoms with E-state index in [-0.39, 0.29) is 24.0 Å². The van der Waals surface area contributed by atoms with Gasteiger partial charge in [0.05, 0.1) is 10.7 Å². The summed E-state index contributed by atoms with van der Waals surface area (Å²) in [6.45, 7) is 0.226. The van der Waals surface area contributed by atoms with Crippen molar-refractivity contribution in [2.24, 2.45) is 0 Å². The SMILES string of the molecule is Nn1c(SCC(=O)Nc2cccc([N+](=O)[O-])c2)nnc1[C@@H]1COc2ccccc2O1. The van der Waals surface area contributed by atoms with Crippen LogP contribution >= 0.6 is 11.8 Å². The summed E-state index contributed by atoms with van der Waals surface area (Å²) in [4.78, 5) is 22.5. The Hall–Kier alpha value is -3.80. The van der Waals surface area contributed by atoms with Crippen LogP contribution in [0.5, 0.6) is 11.5 Å². The van der Waals surface area contributed by atoms with Crippen LogP contribution in [-0.2, 0) is 4.79 Å². The van der Waals surface area contributed by atoms with Gasteiger partial charge in [0.15, 0.2) is 23.4 Å². The Morgan fingerprint density at radius 2 is 2.07 bits per heavy atom. The van der Waals surface area contributed by atoms with Crippen molar-refractivity contribution in [2.75, 3.05) is 23.5 Å². The predicted octanol–water partition coefficient (Wildman–Crippen LogP) is 2.14. The third-order valence-electron chi connectivity index (χ3n) is 4.16. The van der Waals surface area contributed by atoms with Crippen molar-refractivity contribution in [1.29, 1.82) is 0 Å². The molecule has 1 aliphatic heterocycles. The van der Waals surface area contributed by atoms with Crippen molar-refractivity contribution in [3.05, 3.63) is 64.5 Å². The highest BCUT2D eigenvalue weighted by Crippen LogP contribution is 2.35. The smallest absolute Gasteiger partial charge is 0.271 e. The number of non-ortho nitro benzene ring substituents is 1. The van der Waals surface area contributed by atoms with Crippen LogP contribution in [0.25, 0.3) is 0 Å². The Bertz CT molecular complexity index is 1100. The van der Waals surface area contributed by atoms with Gasteiger partial charge in [-0.3, -0.25) is 14.9 Å². The standard InChI is InChI=1S/C18H16N6O5S/c19-23-17(15-9-28-13-6-1-2-7-14(13)29-15)21-22-18(23)30-10-16(25)20-11-4-3-5-12(8-11)24(26)27/h1-8,15H,9-10,19H2,(H,20,25)/t15-/m0/s1. The molecular formula is C18H16N6O5S. The molecule has 3 N–H and O–H groups in total. The first-order chi connectivity index (χ1) is 14.5. The van der Waals surface area contributed by atoms with Gasteiger partial charge in [0.1, 0.15) is 6.61 Å². The molecule has 0 radical (unpaired) electrons. The monoisotopic (exact) mass is 428 g/mol. The number of nitrogens with zero attached hydrogens (tertiary/aromatic N) is 4. The molecule has 0 spiro atoms. The highest BCUT2D eigenvalue weighted by Gasteiger charge is 2.28. The molecule has 0 aliphatic carbocycles. The summed E-state index contributed by atoms with van der Waals surface area (Å²) in [5.41, 5.74) is 0.221. The van der Waals surface area contributed by atoms with Crippen molar-refractivity contribution in [3.63, 3.8) is 0 Å². The van der Waals surface area contributed by atoms with E-state index in [9.17, 15) is 14.9 Å². The van der Waals surface area contributed by atoms with E-state index in [1.807, 2.05) is 12.1 Å². The normalized spacial score (nSPS) is 14.9. The Morgan fingerprint density at radius 1 is 1.27 bits per heavy atom. The van der Waals surface area contributed by atoms with Crippen LogP contribution in [0.15, 0.2) is 53.7 Å². The van der Waals surface area contributed by atoms with E-state index in [1.54, 1.807) is 18.2 Å². The Kier molecular flexibility index (Phi) is 5.39. The third kappa shape index (κ3) is 4.12. The predicted molar refractivity (Wildman–Crippen MR) is 108 cm³/mol. The van der Waals surface area contributed by atoms with E-state index < -0.39 is 11.0 Å². The molecule has 0 saturated heterocycles. The van der Waals surface area contributed by atoms with Crippen LogP contribution in [0, 0.1) is 10.1 Å².